The van der Waals surface area contributed by atoms with Gasteiger partial charge >= 0.3 is 6.03 Å². The summed E-state index contributed by atoms with van der Waals surface area (Å²) < 4.78 is 20.6. The quantitative estimate of drug-likeness (QED) is 0.319. The van der Waals surface area contributed by atoms with Gasteiger partial charge in [-0.25, -0.2) is 9.18 Å². The third-order valence-corrected chi connectivity index (χ3v) is 8.24. The van der Waals surface area contributed by atoms with Gasteiger partial charge in [0, 0.05) is 56.8 Å². The van der Waals surface area contributed by atoms with Crippen LogP contribution in [-0.4, -0.2) is 68.1 Å². The fourth-order valence-corrected chi connectivity index (χ4v) is 6.24. The number of urea groups is 1. The standard InChI is InChI=1S/C28H45ClFN3O3/c1-31-20-25(19-27(30)13-4-3-5-14-27)32-26(34)33-16-9-11-23(21-33)28(35,15-6-7-17-36-2)22-10-8-12-24(29)18-22/h8,10,12,18,23,25,31,35H,3-7,9,11,13-17,19-21H2,1-2H3,(H,32,34)/t23-,25+,28-/m1/s1. The van der Waals surface area contributed by atoms with Gasteiger partial charge in [0.05, 0.1) is 5.60 Å². The number of rotatable bonds is 12. The van der Waals surface area contributed by atoms with Crippen LogP contribution in [0.4, 0.5) is 9.18 Å². The number of carbonyl (C=O) groups excluding carboxylic acids is 1. The van der Waals surface area contributed by atoms with Gasteiger partial charge in [-0.15, -0.1) is 0 Å². The second-order valence-corrected chi connectivity index (χ2v) is 11.2. The zero-order chi connectivity index (χ0) is 26.0. The van der Waals surface area contributed by atoms with Crippen LogP contribution in [0.5, 0.6) is 0 Å². The van der Waals surface area contributed by atoms with Crippen LogP contribution in [0.3, 0.4) is 0 Å². The topological polar surface area (TPSA) is 73.8 Å². The largest absolute Gasteiger partial charge is 0.385 e. The van der Waals surface area contributed by atoms with Crippen LogP contribution < -0.4 is 10.6 Å². The lowest BCUT2D eigenvalue weighted by molar-refractivity contribution is -0.0564. The Hall–Kier alpha value is -1.41. The van der Waals surface area contributed by atoms with Crippen molar-refractivity contribution in [3.8, 4) is 0 Å². The molecule has 1 aromatic carbocycles. The van der Waals surface area contributed by atoms with Crippen molar-refractivity contribution in [3.63, 3.8) is 0 Å². The molecule has 8 heteroatoms. The molecule has 0 bridgehead atoms. The minimum atomic E-state index is -1.20. The van der Waals surface area contributed by atoms with E-state index in [-0.39, 0.29) is 18.0 Å². The van der Waals surface area contributed by atoms with Crippen LogP contribution in [0, 0.1) is 5.92 Å². The van der Waals surface area contributed by atoms with E-state index in [0.717, 1.165) is 50.5 Å². The van der Waals surface area contributed by atoms with Crippen molar-refractivity contribution in [1.29, 1.82) is 0 Å². The summed E-state index contributed by atoms with van der Waals surface area (Å²) in [4.78, 5) is 15.1. The van der Waals surface area contributed by atoms with Gasteiger partial charge in [-0.2, -0.15) is 0 Å². The molecule has 3 atom stereocenters. The third-order valence-electron chi connectivity index (χ3n) is 8.00. The lowest BCUT2D eigenvalue weighted by Crippen LogP contribution is -2.54. The summed E-state index contributed by atoms with van der Waals surface area (Å²) in [5, 5.41) is 18.8. The number of alkyl halides is 1. The number of piperidine rings is 1. The van der Waals surface area contributed by atoms with Crippen LogP contribution in [0.25, 0.3) is 0 Å². The van der Waals surface area contributed by atoms with Crippen molar-refractivity contribution < 1.29 is 19.0 Å². The Labute approximate surface area is 221 Å². The van der Waals surface area contributed by atoms with E-state index >= 15 is 4.39 Å². The Kier molecular flexibility index (Phi) is 11.3. The Morgan fingerprint density at radius 1 is 1.31 bits per heavy atom. The molecule has 2 amide bonds. The maximum absolute atomic E-state index is 15.4. The van der Waals surface area contributed by atoms with Crippen LogP contribution in [-0.2, 0) is 10.3 Å². The number of hydrogen-bond acceptors (Lipinski definition) is 4. The SMILES string of the molecule is CNC[C@H](CC1(F)CCCCC1)NC(=O)N1CCC[C@@H]([C@@](O)(CCCCOC)c2cccc(Cl)c2)C1. The van der Waals surface area contributed by atoms with Gasteiger partial charge in [0.25, 0.3) is 0 Å². The second kappa shape index (κ2) is 13.9. The number of nitrogens with zero attached hydrogens (tertiary/aromatic N) is 1. The van der Waals surface area contributed by atoms with E-state index < -0.39 is 11.3 Å². The van der Waals surface area contributed by atoms with E-state index in [0.29, 0.717) is 56.9 Å². The van der Waals surface area contributed by atoms with E-state index in [2.05, 4.69) is 10.6 Å². The number of nitrogens with one attached hydrogen (secondary N) is 2. The smallest absolute Gasteiger partial charge is 0.317 e. The molecule has 1 heterocycles. The number of halogens is 2. The molecule has 0 aromatic heterocycles. The first-order valence-corrected chi connectivity index (χ1v) is 14.0. The number of ether oxygens (including phenoxy) is 1. The summed E-state index contributed by atoms with van der Waals surface area (Å²) in [7, 11) is 3.51. The summed E-state index contributed by atoms with van der Waals surface area (Å²) in [5.74, 6) is -0.119. The number of unbranched alkanes of at least 4 members (excludes halogenated alkanes) is 1. The minimum Gasteiger partial charge on any atom is -0.385 e. The zero-order valence-corrected chi connectivity index (χ0v) is 22.8. The van der Waals surface area contributed by atoms with Gasteiger partial charge in [-0.05, 0) is 69.7 Å². The molecule has 2 aliphatic rings. The molecule has 1 aliphatic heterocycles. The molecular formula is C28H45ClFN3O3. The highest BCUT2D eigenvalue weighted by atomic mass is 35.5. The molecule has 0 unspecified atom stereocenters. The Balaban J connectivity index is 1.70. The van der Waals surface area contributed by atoms with E-state index in [1.165, 1.54) is 0 Å². The molecular weight excluding hydrogens is 481 g/mol. The second-order valence-electron chi connectivity index (χ2n) is 10.8. The molecule has 1 aromatic rings. The normalized spacial score (nSPS) is 22.6. The maximum atomic E-state index is 15.4. The van der Waals surface area contributed by atoms with Gasteiger partial charge in [0.1, 0.15) is 5.67 Å². The summed E-state index contributed by atoms with van der Waals surface area (Å²) in [5.41, 5.74) is -1.50. The van der Waals surface area contributed by atoms with Crippen molar-refractivity contribution >= 4 is 17.6 Å². The predicted octanol–water partition coefficient (Wildman–Crippen LogP) is 5.42. The van der Waals surface area contributed by atoms with Gasteiger partial charge in [-0.3, -0.25) is 0 Å². The van der Waals surface area contributed by atoms with Gasteiger partial charge in [0.2, 0.25) is 0 Å². The van der Waals surface area contributed by atoms with Gasteiger partial charge in [0.15, 0.2) is 0 Å². The fourth-order valence-electron chi connectivity index (χ4n) is 6.05. The van der Waals surface area contributed by atoms with E-state index in [1.807, 2.05) is 31.3 Å². The van der Waals surface area contributed by atoms with Crippen LogP contribution >= 0.6 is 11.6 Å². The van der Waals surface area contributed by atoms with Gasteiger partial charge in [-0.1, -0.05) is 43.0 Å². The number of amides is 2. The fraction of sp³-hybridized carbons (Fsp3) is 0.750. The van der Waals surface area contributed by atoms with Crippen LogP contribution in [0.2, 0.25) is 5.02 Å². The lowest BCUT2D eigenvalue weighted by Gasteiger charge is -2.43. The average Bonchev–Trinajstić information content (AvgIpc) is 2.87. The lowest BCUT2D eigenvalue weighted by atomic mass is 9.74. The van der Waals surface area contributed by atoms with Crippen LogP contribution in [0.1, 0.15) is 76.2 Å². The van der Waals surface area contributed by atoms with Crippen molar-refractivity contribution in [2.24, 2.45) is 5.92 Å². The highest BCUT2D eigenvalue weighted by molar-refractivity contribution is 6.30. The number of likely N-dealkylation sites (tertiary alicyclic amines) is 1. The number of benzene rings is 1. The molecule has 204 valence electrons. The van der Waals surface area contributed by atoms with E-state index in [4.69, 9.17) is 16.3 Å². The molecule has 0 spiro atoms. The number of hydrogen-bond donors (Lipinski definition) is 3. The van der Waals surface area contributed by atoms with E-state index in [9.17, 15) is 9.90 Å². The molecule has 3 N–H and O–H groups in total. The first-order chi connectivity index (χ1) is 17.3. The molecule has 1 saturated carbocycles. The summed E-state index contributed by atoms with van der Waals surface area (Å²) in [6.45, 7) is 2.26. The monoisotopic (exact) mass is 525 g/mol. The number of aliphatic hydroxyl groups is 1. The first kappa shape index (κ1) is 29.2. The molecule has 6 nitrogen and oxygen atoms in total. The Bertz CT molecular complexity index is 823. The summed E-state index contributed by atoms with van der Waals surface area (Å²) in [6.07, 6.45) is 8.27. The predicted molar refractivity (Wildman–Crippen MR) is 143 cm³/mol. The van der Waals surface area contributed by atoms with Gasteiger partial charge < -0.3 is 25.4 Å². The average molecular weight is 526 g/mol. The maximum Gasteiger partial charge on any atom is 0.317 e. The summed E-state index contributed by atoms with van der Waals surface area (Å²) >= 11 is 6.29. The molecule has 36 heavy (non-hydrogen) atoms. The van der Waals surface area contributed by atoms with Crippen molar-refractivity contribution in [2.45, 2.75) is 87.9 Å². The third kappa shape index (κ3) is 8.04. The first-order valence-electron chi connectivity index (χ1n) is 13.7. The molecule has 2 fully saturated rings. The van der Waals surface area contributed by atoms with Crippen molar-refractivity contribution in [3.05, 3.63) is 34.9 Å². The Morgan fingerprint density at radius 3 is 2.78 bits per heavy atom. The number of likely N-dealkylation sites (N-methyl/N-ethyl adjacent to an activating group) is 1. The molecule has 1 aliphatic carbocycles. The molecule has 0 radical (unpaired) electrons. The van der Waals surface area contributed by atoms with Crippen molar-refractivity contribution in [1.82, 2.24) is 15.5 Å². The Morgan fingerprint density at radius 2 is 2.08 bits per heavy atom. The minimum absolute atomic E-state index is 0.119. The highest BCUT2D eigenvalue weighted by Gasteiger charge is 2.42. The zero-order valence-electron chi connectivity index (χ0n) is 22.0. The van der Waals surface area contributed by atoms with Crippen molar-refractivity contribution in [2.75, 3.05) is 40.4 Å². The number of methoxy groups -OCH3 is 1. The molecule has 1 saturated heterocycles. The summed E-state index contributed by atoms with van der Waals surface area (Å²) in [6, 6.07) is 6.99. The number of carbonyl (C=O) groups is 1. The molecule has 3 rings (SSSR count). The highest BCUT2D eigenvalue weighted by Crippen LogP contribution is 2.40. The van der Waals surface area contributed by atoms with E-state index in [1.54, 1.807) is 12.0 Å². The van der Waals surface area contributed by atoms with Crippen LogP contribution in [0.15, 0.2) is 24.3 Å².